The Balaban J connectivity index is 2.82. The average Bonchev–Trinajstić information content (AvgIpc) is 2.14. The van der Waals surface area contributed by atoms with E-state index < -0.39 is 6.43 Å². The van der Waals surface area contributed by atoms with Crippen molar-refractivity contribution in [3.63, 3.8) is 0 Å². The van der Waals surface area contributed by atoms with E-state index in [1.54, 1.807) is 13.2 Å². The number of aryl methyl sites for hydroxylation is 1. The number of rotatable bonds is 5. The van der Waals surface area contributed by atoms with E-state index in [1.807, 2.05) is 19.9 Å². The average molecular weight is 243 g/mol. The number of hydrogen-bond donors (Lipinski definition) is 1. The first-order valence-electron chi connectivity index (χ1n) is 5.60. The molecule has 5 heteroatoms. The number of aromatic nitrogens is 1. The topological polar surface area (TPSA) is 42.1 Å². The fraction of sp³-hybridized carbons (Fsp3) is 0.583. The summed E-state index contributed by atoms with van der Waals surface area (Å²) in [5.41, 5.74) is 7.63. The highest BCUT2D eigenvalue weighted by atomic mass is 19.3. The van der Waals surface area contributed by atoms with Crippen LogP contribution in [0.15, 0.2) is 12.3 Å². The van der Waals surface area contributed by atoms with Crippen molar-refractivity contribution in [2.75, 3.05) is 18.5 Å². The van der Waals surface area contributed by atoms with Crippen molar-refractivity contribution >= 4 is 5.82 Å². The number of nitrogens with two attached hydrogens (primary N) is 1. The van der Waals surface area contributed by atoms with Gasteiger partial charge >= 0.3 is 0 Å². The summed E-state index contributed by atoms with van der Waals surface area (Å²) in [6.45, 7) is 3.49. The summed E-state index contributed by atoms with van der Waals surface area (Å²) in [4.78, 5) is 5.69. The number of anilines is 1. The zero-order valence-electron chi connectivity index (χ0n) is 10.5. The van der Waals surface area contributed by atoms with E-state index in [0.29, 0.717) is 5.82 Å². The Morgan fingerprint density at radius 3 is 2.59 bits per heavy atom. The van der Waals surface area contributed by atoms with Crippen molar-refractivity contribution < 1.29 is 8.78 Å². The van der Waals surface area contributed by atoms with E-state index in [-0.39, 0.29) is 12.6 Å². The Morgan fingerprint density at radius 1 is 1.47 bits per heavy atom. The van der Waals surface area contributed by atoms with Crippen LogP contribution in [0.1, 0.15) is 18.1 Å². The smallest absolute Gasteiger partial charge is 0.255 e. The predicted molar refractivity (Wildman–Crippen MR) is 65.6 cm³/mol. The van der Waals surface area contributed by atoms with Crippen LogP contribution in [0.25, 0.3) is 0 Å². The molecule has 0 aliphatic carbocycles. The SMILES string of the molecule is Cc1cc(CC(C)N)cnc1N(C)CC(F)F. The molecule has 1 unspecified atom stereocenters. The van der Waals surface area contributed by atoms with E-state index in [4.69, 9.17) is 5.73 Å². The predicted octanol–water partition coefficient (Wildman–Crippen LogP) is 1.98. The summed E-state index contributed by atoms with van der Waals surface area (Å²) < 4.78 is 24.5. The second-order valence-corrected chi connectivity index (χ2v) is 4.44. The van der Waals surface area contributed by atoms with Gasteiger partial charge in [0.25, 0.3) is 6.43 Å². The van der Waals surface area contributed by atoms with Crippen molar-refractivity contribution in [2.24, 2.45) is 5.73 Å². The first kappa shape index (κ1) is 13.8. The maximum Gasteiger partial charge on any atom is 0.255 e. The van der Waals surface area contributed by atoms with Crippen molar-refractivity contribution in [2.45, 2.75) is 32.7 Å². The van der Waals surface area contributed by atoms with Gasteiger partial charge in [0.1, 0.15) is 5.82 Å². The first-order chi connectivity index (χ1) is 7.90. The summed E-state index contributed by atoms with van der Waals surface area (Å²) in [6, 6.07) is 2.02. The lowest BCUT2D eigenvalue weighted by Crippen LogP contribution is -2.26. The van der Waals surface area contributed by atoms with Gasteiger partial charge in [0.05, 0.1) is 6.54 Å². The first-order valence-corrected chi connectivity index (χ1v) is 5.60. The molecule has 0 radical (unpaired) electrons. The molecule has 1 aromatic heterocycles. The van der Waals surface area contributed by atoms with Gasteiger partial charge in [0, 0.05) is 19.3 Å². The van der Waals surface area contributed by atoms with Crippen LogP contribution in [0.4, 0.5) is 14.6 Å². The van der Waals surface area contributed by atoms with Crippen LogP contribution in [-0.2, 0) is 6.42 Å². The summed E-state index contributed by atoms with van der Waals surface area (Å²) in [5.74, 6) is 0.596. The molecular formula is C12H19F2N3. The van der Waals surface area contributed by atoms with Gasteiger partial charge in [-0.25, -0.2) is 13.8 Å². The monoisotopic (exact) mass is 243 g/mol. The van der Waals surface area contributed by atoms with Crippen LogP contribution in [0.2, 0.25) is 0 Å². The van der Waals surface area contributed by atoms with Crippen LogP contribution < -0.4 is 10.6 Å². The second-order valence-electron chi connectivity index (χ2n) is 4.44. The molecule has 0 saturated heterocycles. The summed E-state index contributed by atoms with van der Waals surface area (Å²) in [7, 11) is 1.62. The largest absolute Gasteiger partial charge is 0.354 e. The number of pyridine rings is 1. The Labute approximate surface area is 101 Å². The van der Waals surface area contributed by atoms with Crippen molar-refractivity contribution in [3.8, 4) is 0 Å². The zero-order valence-corrected chi connectivity index (χ0v) is 10.5. The van der Waals surface area contributed by atoms with E-state index >= 15 is 0 Å². The lowest BCUT2D eigenvalue weighted by molar-refractivity contribution is 0.156. The van der Waals surface area contributed by atoms with Crippen LogP contribution >= 0.6 is 0 Å². The summed E-state index contributed by atoms with van der Waals surface area (Å²) >= 11 is 0. The molecule has 0 aliphatic rings. The lowest BCUT2D eigenvalue weighted by Gasteiger charge is -2.20. The van der Waals surface area contributed by atoms with Crippen molar-refractivity contribution in [3.05, 3.63) is 23.4 Å². The Bertz CT molecular complexity index is 367. The molecule has 0 aromatic carbocycles. The van der Waals surface area contributed by atoms with Gasteiger partial charge in [-0.1, -0.05) is 6.07 Å². The molecule has 0 aliphatic heterocycles. The lowest BCUT2D eigenvalue weighted by atomic mass is 10.1. The van der Waals surface area contributed by atoms with Crippen LogP contribution in [0.5, 0.6) is 0 Å². The van der Waals surface area contributed by atoms with Crippen molar-refractivity contribution in [1.29, 1.82) is 0 Å². The van der Waals surface area contributed by atoms with Crippen molar-refractivity contribution in [1.82, 2.24) is 4.98 Å². The molecule has 17 heavy (non-hydrogen) atoms. The van der Waals surface area contributed by atoms with Gasteiger partial charge in [-0.15, -0.1) is 0 Å². The highest BCUT2D eigenvalue weighted by Gasteiger charge is 2.12. The van der Waals surface area contributed by atoms with Gasteiger partial charge in [-0.05, 0) is 31.4 Å². The van der Waals surface area contributed by atoms with Crippen LogP contribution in [0, 0.1) is 6.92 Å². The van der Waals surface area contributed by atoms with Gasteiger partial charge < -0.3 is 10.6 Å². The van der Waals surface area contributed by atoms with Gasteiger partial charge in [0.2, 0.25) is 0 Å². The minimum Gasteiger partial charge on any atom is -0.354 e. The van der Waals surface area contributed by atoms with E-state index in [0.717, 1.165) is 17.5 Å². The molecule has 0 spiro atoms. The summed E-state index contributed by atoms with van der Waals surface area (Å²) in [6.07, 6.45) is 0.0882. The molecular weight excluding hydrogens is 224 g/mol. The second kappa shape index (κ2) is 5.91. The van der Waals surface area contributed by atoms with Crippen LogP contribution in [0.3, 0.4) is 0 Å². The molecule has 0 fully saturated rings. The van der Waals surface area contributed by atoms with Gasteiger partial charge in [-0.3, -0.25) is 0 Å². The molecule has 0 bridgehead atoms. The highest BCUT2D eigenvalue weighted by Crippen LogP contribution is 2.18. The number of alkyl halides is 2. The minimum atomic E-state index is -2.36. The zero-order chi connectivity index (χ0) is 13.0. The third-order valence-electron chi connectivity index (χ3n) is 2.44. The molecule has 3 nitrogen and oxygen atoms in total. The molecule has 96 valence electrons. The molecule has 1 rings (SSSR count). The minimum absolute atomic E-state index is 0.0702. The normalized spacial score (nSPS) is 12.9. The van der Waals surface area contributed by atoms with Gasteiger partial charge in [0.15, 0.2) is 0 Å². The number of hydrogen-bond acceptors (Lipinski definition) is 3. The summed E-state index contributed by atoms with van der Waals surface area (Å²) in [5, 5.41) is 0. The maximum atomic E-state index is 12.3. The number of halogens is 2. The molecule has 2 N–H and O–H groups in total. The molecule has 1 aromatic rings. The Hall–Kier alpha value is -1.23. The maximum absolute atomic E-state index is 12.3. The van der Waals surface area contributed by atoms with Gasteiger partial charge in [-0.2, -0.15) is 0 Å². The quantitative estimate of drug-likeness (QED) is 0.859. The Morgan fingerprint density at radius 2 is 2.12 bits per heavy atom. The molecule has 1 atom stereocenters. The van der Waals surface area contributed by atoms with E-state index in [2.05, 4.69) is 4.98 Å². The third-order valence-corrected chi connectivity index (χ3v) is 2.44. The fourth-order valence-electron chi connectivity index (χ4n) is 1.80. The van der Waals surface area contributed by atoms with Crippen LogP contribution in [-0.4, -0.2) is 31.0 Å². The Kier molecular flexibility index (Phi) is 4.81. The molecule has 0 amide bonds. The standard InChI is InChI=1S/C12H19F2N3/c1-8-4-10(5-9(2)15)6-16-12(8)17(3)7-11(13)14/h4,6,9,11H,5,7,15H2,1-3H3. The molecule has 0 saturated carbocycles. The van der Waals surface area contributed by atoms with E-state index in [9.17, 15) is 8.78 Å². The molecule has 1 heterocycles. The fourth-order valence-corrected chi connectivity index (χ4v) is 1.80. The number of nitrogens with zero attached hydrogens (tertiary/aromatic N) is 2. The third kappa shape index (κ3) is 4.26. The highest BCUT2D eigenvalue weighted by molar-refractivity contribution is 5.46. The van der Waals surface area contributed by atoms with E-state index in [1.165, 1.54) is 4.90 Å².